The zero-order valence-corrected chi connectivity index (χ0v) is 9.16. The summed E-state index contributed by atoms with van der Waals surface area (Å²) in [5.41, 5.74) is 4.07. The van der Waals surface area contributed by atoms with Crippen LogP contribution in [0, 0.1) is 0 Å². The lowest BCUT2D eigenvalue weighted by molar-refractivity contribution is 0.598. The van der Waals surface area contributed by atoms with E-state index in [4.69, 9.17) is 4.98 Å². The minimum atomic E-state index is 1.11. The predicted octanol–water partition coefficient (Wildman–Crippen LogP) is 2.94. The third-order valence-electron chi connectivity index (χ3n) is 3.23. The molecule has 3 rings (SSSR count). The molecular formula is C13H16N2. The fraction of sp³-hybridized carbons (Fsp3) is 0.462. The number of rotatable bonds is 2. The molecule has 2 heterocycles. The van der Waals surface area contributed by atoms with Crippen LogP contribution in [0.2, 0.25) is 0 Å². The summed E-state index contributed by atoms with van der Waals surface area (Å²) in [6, 6.07) is 6.52. The van der Waals surface area contributed by atoms with Crippen LogP contribution < -0.4 is 0 Å². The number of aryl methyl sites for hydroxylation is 3. The molecule has 1 aromatic carbocycles. The molecule has 0 saturated heterocycles. The van der Waals surface area contributed by atoms with Crippen molar-refractivity contribution in [1.29, 1.82) is 0 Å². The van der Waals surface area contributed by atoms with E-state index in [9.17, 15) is 0 Å². The Balaban J connectivity index is 2.28. The van der Waals surface area contributed by atoms with Crippen molar-refractivity contribution in [2.75, 3.05) is 0 Å². The van der Waals surface area contributed by atoms with E-state index in [0.29, 0.717) is 0 Å². The van der Waals surface area contributed by atoms with E-state index in [2.05, 4.69) is 29.7 Å². The molecule has 0 atom stereocenters. The number of benzene rings is 1. The average molecular weight is 200 g/mol. The molecule has 0 spiro atoms. The van der Waals surface area contributed by atoms with Gasteiger partial charge in [-0.25, -0.2) is 4.98 Å². The highest BCUT2D eigenvalue weighted by Gasteiger charge is 2.16. The van der Waals surface area contributed by atoms with Gasteiger partial charge in [0.05, 0.1) is 11.0 Å². The van der Waals surface area contributed by atoms with Gasteiger partial charge in [-0.05, 0) is 30.9 Å². The Morgan fingerprint density at radius 1 is 1.40 bits per heavy atom. The number of nitrogens with zero attached hydrogens (tertiary/aromatic N) is 2. The molecule has 15 heavy (non-hydrogen) atoms. The van der Waals surface area contributed by atoms with Gasteiger partial charge in [-0.3, -0.25) is 0 Å². The van der Waals surface area contributed by atoms with Crippen LogP contribution in [-0.4, -0.2) is 9.55 Å². The van der Waals surface area contributed by atoms with E-state index in [1.807, 2.05) is 0 Å². The Labute approximate surface area is 89.9 Å². The molecule has 0 saturated carbocycles. The molecule has 0 fully saturated rings. The van der Waals surface area contributed by atoms with Crippen LogP contribution in [0.15, 0.2) is 18.2 Å². The van der Waals surface area contributed by atoms with Crippen molar-refractivity contribution in [1.82, 2.24) is 9.55 Å². The fourth-order valence-corrected chi connectivity index (χ4v) is 2.59. The first kappa shape index (κ1) is 8.96. The highest BCUT2D eigenvalue weighted by Crippen LogP contribution is 2.26. The number of imidazole rings is 1. The lowest BCUT2D eigenvalue weighted by Gasteiger charge is -2.16. The van der Waals surface area contributed by atoms with Crippen LogP contribution in [0.5, 0.6) is 0 Å². The second-order valence-electron chi connectivity index (χ2n) is 4.32. The van der Waals surface area contributed by atoms with Gasteiger partial charge >= 0.3 is 0 Å². The summed E-state index contributed by atoms with van der Waals surface area (Å²) in [4.78, 5) is 4.74. The molecule has 2 aromatic rings. The van der Waals surface area contributed by atoms with Gasteiger partial charge in [0.15, 0.2) is 0 Å². The third-order valence-corrected chi connectivity index (χ3v) is 3.23. The number of para-hydroxylation sites is 1. The average Bonchev–Trinajstić information content (AvgIpc) is 2.61. The van der Waals surface area contributed by atoms with E-state index < -0.39 is 0 Å². The molecule has 0 N–H and O–H groups in total. The van der Waals surface area contributed by atoms with E-state index in [-0.39, 0.29) is 0 Å². The molecule has 0 aliphatic carbocycles. The molecule has 1 aromatic heterocycles. The van der Waals surface area contributed by atoms with Gasteiger partial charge in [-0.2, -0.15) is 0 Å². The van der Waals surface area contributed by atoms with E-state index in [1.54, 1.807) is 0 Å². The highest BCUT2D eigenvalue weighted by molar-refractivity contribution is 5.80. The Bertz CT molecular complexity index is 496. The van der Waals surface area contributed by atoms with E-state index in [0.717, 1.165) is 13.0 Å². The summed E-state index contributed by atoms with van der Waals surface area (Å²) in [7, 11) is 0. The molecular weight excluding hydrogens is 184 g/mol. The Kier molecular flexibility index (Phi) is 2.01. The van der Waals surface area contributed by atoms with Crippen molar-refractivity contribution >= 4 is 11.0 Å². The van der Waals surface area contributed by atoms with Crippen molar-refractivity contribution in [3.05, 3.63) is 29.6 Å². The van der Waals surface area contributed by atoms with Gasteiger partial charge in [-0.1, -0.05) is 19.1 Å². The molecule has 1 aliphatic heterocycles. The van der Waals surface area contributed by atoms with Gasteiger partial charge in [0.2, 0.25) is 0 Å². The fourth-order valence-electron chi connectivity index (χ4n) is 2.59. The zero-order chi connectivity index (χ0) is 10.3. The van der Waals surface area contributed by atoms with Crippen LogP contribution in [0.3, 0.4) is 0 Å². The topological polar surface area (TPSA) is 17.8 Å². The van der Waals surface area contributed by atoms with Crippen molar-refractivity contribution < 1.29 is 0 Å². The third kappa shape index (κ3) is 1.28. The Morgan fingerprint density at radius 3 is 3.20 bits per heavy atom. The predicted molar refractivity (Wildman–Crippen MR) is 62.0 cm³/mol. The normalized spacial score (nSPS) is 14.7. The summed E-state index contributed by atoms with van der Waals surface area (Å²) in [6.07, 6.45) is 4.76. The zero-order valence-electron chi connectivity index (χ0n) is 9.16. The highest BCUT2D eigenvalue weighted by atomic mass is 15.1. The second-order valence-corrected chi connectivity index (χ2v) is 4.32. The van der Waals surface area contributed by atoms with Crippen molar-refractivity contribution in [3.63, 3.8) is 0 Å². The number of hydrogen-bond acceptors (Lipinski definition) is 1. The van der Waals surface area contributed by atoms with Gasteiger partial charge in [0.25, 0.3) is 0 Å². The first-order chi connectivity index (χ1) is 7.40. The molecule has 0 unspecified atom stereocenters. The van der Waals surface area contributed by atoms with Gasteiger partial charge in [-0.15, -0.1) is 0 Å². The van der Waals surface area contributed by atoms with Crippen LogP contribution >= 0.6 is 0 Å². The molecule has 0 bridgehead atoms. The standard InChI is InChI=1S/C13H16N2/c1-2-5-12-14-11-8-3-6-10-7-4-9-15(12)13(10)11/h3,6,8H,2,4-5,7,9H2,1H3. The lowest BCUT2D eigenvalue weighted by atomic mass is 10.0. The monoisotopic (exact) mass is 200 g/mol. The Morgan fingerprint density at radius 2 is 2.33 bits per heavy atom. The minimum absolute atomic E-state index is 1.11. The maximum Gasteiger partial charge on any atom is 0.109 e. The summed E-state index contributed by atoms with van der Waals surface area (Å²) >= 11 is 0. The van der Waals surface area contributed by atoms with Crippen molar-refractivity contribution in [2.45, 2.75) is 39.2 Å². The molecule has 78 valence electrons. The summed E-state index contributed by atoms with van der Waals surface area (Å²) in [5.74, 6) is 1.28. The first-order valence-electron chi connectivity index (χ1n) is 5.87. The van der Waals surface area contributed by atoms with Crippen LogP contribution in [0.1, 0.15) is 31.2 Å². The minimum Gasteiger partial charge on any atom is -0.328 e. The molecule has 2 heteroatoms. The van der Waals surface area contributed by atoms with Gasteiger partial charge in [0.1, 0.15) is 5.82 Å². The smallest absolute Gasteiger partial charge is 0.109 e. The number of aromatic nitrogens is 2. The maximum atomic E-state index is 4.74. The van der Waals surface area contributed by atoms with Crippen molar-refractivity contribution in [3.8, 4) is 0 Å². The lowest BCUT2D eigenvalue weighted by Crippen LogP contribution is -2.10. The van der Waals surface area contributed by atoms with Gasteiger partial charge in [0, 0.05) is 13.0 Å². The van der Waals surface area contributed by atoms with Gasteiger partial charge < -0.3 is 4.57 Å². The number of hydrogen-bond donors (Lipinski definition) is 0. The van der Waals surface area contributed by atoms with Crippen LogP contribution in [0.4, 0.5) is 0 Å². The molecule has 0 amide bonds. The van der Waals surface area contributed by atoms with E-state index in [1.165, 1.54) is 41.7 Å². The Hall–Kier alpha value is -1.31. The molecule has 0 radical (unpaired) electrons. The van der Waals surface area contributed by atoms with E-state index >= 15 is 0 Å². The quantitative estimate of drug-likeness (QED) is 0.728. The molecule has 2 nitrogen and oxygen atoms in total. The summed E-state index contributed by atoms with van der Waals surface area (Å²) in [5, 5.41) is 0. The maximum absolute atomic E-state index is 4.74. The summed E-state index contributed by atoms with van der Waals surface area (Å²) in [6.45, 7) is 3.37. The SMILES string of the molecule is CCCc1nc2cccc3c2n1CCC3. The van der Waals surface area contributed by atoms with Crippen LogP contribution in [0.25, 0.3) is 11.0 Å². The second kappa shape index (κ2) is 3.37. The summed E-state index contributed by atoms with van der Waals surface area (Å²) < 4.78 is 2.43. The molecule has 1 aliphatic rings. The largest absolute Gasteiger partial charge is 0.328 e. The van der Waals surface area contributed by atoms with Crippen molar-refractivity contribution in [2.24, 2.45) is 0 Å². The first-order valence-corrected chi connectivity index (χ1v) is 5.87. The van der Waals surface area contributed by atoms with Crippen LogP contribution in [-0.2, 0) is 19.4 Å².